The van der Waals surface area contributed by atoms with E-state index in [1.807, 2.05) is 30.3 Å². The smallest absolute Gasteiger partial charge is 0.254 e. The highest BCUT2D eigenvalue weighted by Crippen LogP contribution is 2.34. The molecular weight excluding hydrogens is 479 g/mol. The lowest BCUT2D eigenvalue weighted by Crippen LogP contribution is -2.30. The molecular formula is C27H25FN4O3S. The Morgan fingerprint density at radius 3 is 2.56 bits per heavy atom. The molecule has 1 amide bonds. The SMILES string of the molecule is CNC(=O)c1cc2c(Oc3ccc(NC(=S)NCCc4ccccc4)cc3F)ccnc2cc1OC. The van der Waals surface area contributed by atoms with Crippen LogP contribution >= 0.6 is 12.2 Å². The lowest BCUT2D eigenvalue weighted by atomic mass is 10.1. The Morgan fingerprint density at radius 1 is 1.03 bits per heavy atom. The number of methoxy groups -OCH3 is 1. The molecule has 0 spiro atoms. The average molecular weight is 505 g/mol. The standard InChI is InChI=1S/C27H25FN4O3S/c1-29-26(33)20-15-19-22(16-25(20)34-2)30-13-11-23(19)35-24-9-8-18(14-21(24)28)32-27(36)31-12-10-17-6-4-3-5-7-17/h3-9,11,13-16H,10,12H2,1-2H3,(H,29,33)(H2,31,32,36). The Labute approximate surface area is 213 Å². The van der Waals surface area contributed by atoms with Crippen molar-refractivity contribution >= 4 is 39.8 Å². The van der Waals surface area contributed by atoms with Gasteiger partial charge in [-0.25, -0.2) is 4.39 Å². The number of halogens is 1. The number of carbonyl (C=O) groups excluding carboxylic acids is 1. The van der Waals surface area contributed by atoms with Crippen molar-refractivity contribution < 1.29 is 18.7 Å². The molecule has 3 aromatic carbocycles. The summed E-state index contributed by atoms with van der Waals surface area (Å²) in [4.78, 5) is 16.6. The molecule has 4 aromatic rings. The number of hydrogen-bond acceptors (Lipinski definition) is 5. The fourth-order valence-electron chi connectivity index (χ4n) is 3.64. The number of ether oxygens (including phenoxy) is 2. The van der Waals surface area contributed by atoms with Gasteiger partial charge in [-0.2, -0.15) is 0 Å². The largest absolute Gasteiger partial charge is 0.496 e. The summed E-state index contributed by atoms with van der Waals surface area (Å²) in [6.45, 7) is 0.650. The zero-order valence-electron chi connectivity index (χ0n) is 19.8. The molecule has 9 heteroatoms. The minimum Gasteiger partial charge on any atom is -0.496 e. The topological polar surface area (TPSA) is 84.5 Å². The minimum absolute atomic E-state index is 0.0216. The zero-order chi connectivity index (χ0) is 25.5. The molecule has 1 aromatic heterocycles. The van der Waals surface area contributed by atoms with Crippen LogP contribution < -0.4 is 25.4 Å². The number of aromatic nitrogens is 1. The molecule has 0 saturated carbocycles. The van der Waals surface area contributed by atoms with Crippen LogP contribution in [-0.4, -0.2) is 36.7 Å². The number of benzene rings is 3. The van der Waals surface area contributed by atoms with Crippen molar-refractivity contribution in [1.29, 1.82) is 0 Å². The minimum atomic E-state index is -0.572. The van der Waals surface area contributed by atoms with Gasteiger partial charge in [0.2, 0.25) is 0 Å². The van der Waals surface area contributed by atoms with Crippen LogP contribution in [0.3, 0.4) is 0 Å². The first kappa shape index (κ1) is 24.9. The average Bonchev–Trinajstić information content (AvgIpc) is 2.89. The summed E-state index contributed by atoms with van der Waals surface area (Å²) < 4.78 is 26.1. The van der Waals surface area contributed by atoms with Gasteiger partial charge in [-0.1, -0.05) is 30.3 Å². The van der Waals surface area contributed by atoms with Gasteiger partial charge in [0, 0.05) is 43.0 Å². The van der Waals surface area contributed by atoms with Crippen LogP contribution in [0.4, 0.5) is 10.1 Å². The highest BCUT2D eigenvalue weighted by Gasteiger charge is 2.16. The number of nitrogens with one attached hydrogen (secondary N) is 3. The van der Waals surface area contributed by atoms with Crippen LogP contribution in [-0.2, 0) is 6.42 Å². The van der Waals surface area contributed by atoms with E-state index >= 15 is 0 Å². The second kappa shape index (κ2) is 11.5. The van der Waals surface area contributed by atoms with Crippen molar-refractivity contribution in [3.05, 3.63) is 89.9 Å². The maximum atomic E-state index is 14.9. The Morgan fingerprint density at radius 2 is 1.83 bits per heavy atom. The monoisotopic (exact) mass is 504 g/mol. The number of hydrogen-bond donors (Lipinski definition) is 3. The highest BCUT2D eigenvalue weighted by molar-refractivity contribution is 7.80. The predicted molar refractivity (Wildman–Crippen MR) is 143 cm³/mol. The second-order valence-electron chi connectivity index (χ2n) is 7.82. The van der Waals surface area contributed by atoms with Crippen molar-refractivity contribution in [2.24, 2.45) is 0 Å². The molecule has 0 atom stereocenters. The third-order valence-electron chi connectivity index (χ3n) is 5.45. The van der Waals surface area contributed by atoms with Crippen LogP contribution in [0.15, 0.2) is 72.9 Å². The number of amides is 1. The molecule has 36 heavy (non-hydrogen) atoms. The van der Waals surface area contributed by atoms with E-state index in [1.54, 1.807) is 30.5 Å². The van der Waals surface area contributed by atoms with Crippen molar-refractivity contribution in [1.82, 2.24) is 15.6 Å². The molecule has 1 heterocycles. The quantitative estimate of drug-likeness (QED) is 0.289. The van der Waals surface area contributed by atoms with E-state index in [4.69, 9.17) is 21.7 Å². The number of anilines is 1. The van der Waals surface area contributed by atoms with E-state index in [2.05, 4.69) is 20.9 Å². The van der Waals surface area contributed by atoms with Crippen LogP contribution in [0.1, 0.15) is 15.9 Å². The highest BCUT2D eigenvalue weighted by atomic mass is 32.1. The third-order valence-corrected chi connectivity index (χ3v) is 5.69. The lowest BCUT2D eigenvalue weighted by molar-refractivity contribution is 0.0960. The van der Waals surface area contributed by atoms with Crippen LogP contribution in [0, 0.1) is 5.82 Å². The summed E-state index contributed by atoms with van der Waals surface area (Å²) in [5.41, 5.74) is 2.55. The number of nitrogens with zero attached hydrogens (tertiary/aromatic N) is 1. The lowest BCUT2D eigenvalue weighted by Gasteiger charge is -2.14. The van der Waals surface area contributed by atoms with Gasteiger partial charge in [-0.15, -0.1) is 0 Å². The van der Waals surface area contributed by atoms with Gasteiger partial charge in [0.1, 0.15) is 11.5 Å². The normalized spacial score (nSPS) is 10.5. The second-order valence-corrected chi connectivity index (χ2v) is 8.23. The molecule has 184 valence electrons. The summed E-state index contributed by atoms with van der Waals surface area (Å²) >= 11 is 5.32. The molecule has 0 radical (unpaired) electrons. The van der Waals surface area contributed by atoms with Gasteiger partial charge >= 0.3 is 0 Å². The number of rotatable bonds is 8. The van der Waals surface area contributed by atoms with Crippen molar-refractivity contribution in [3.8, 4) is 17.2 Å². The van der Waals surface area contributed by atoms with E-state index in [0.717, 1.165) is 6.42 Å². The molecule has 0 unspecified atom stereocenters. The molecule has 4 rings (SSSR count). The Bertz CT molecular complexity index is 1400. The van der Waals surface area contributed by atoms with E-state index < -0.39 is 5.82 Å². The number of carbonyl (C=O) groups is 1. The van der Waals surface area contributed by atoms with Gasteiger partial charge < -0.3 is 25.4 Å². The molecule has 0 aliphatic heterocycles. The van der Waals surface area contributed by atoms with Crippen molar-refractivity contribution in [2.75, 3.05) is 26.0 Å². The molecule has 0 aliphatic rings. The van der Waals surface area contributed by atoms with Crippen molar-refractivity contribution in [3.63, 3.8) is 0 Å². The number of thiocarbonyl (C=S) groups is 1. The van der Waals surface area contributed by atoms with Gasteiger partial charge in [-0.05, 0) is 48.5 Å². The fraction of sp³-hybridized carbons (Fsp3) is 0.148. The summed E-state index contributed by atoms with van der Waals surface area (Å²) in [7, 11) is 3.01. The predicted octanol–water partition coefficient (Wildman–Crippen LogP) is 5.06. The maximum absolute atomic E-state index is 14.9. The maximum Gasteiger partial charge on any atom is 0.254 e. The first-order chi connectivity index (χ1) is 17.5. The number of fused-ring (bicyclic) bond motifs is 1. The third kappa shape index (κ3) is 5.87. The molecule has 0 fully saturated rings. The molecule has 3 N–H and O–H groups in total. The molecule has 7 nitrogen and oxygen atoms in total. The van der Waals surface area contributed by atoms with E-state index in [1.165, 1.54) is 31.9 Å². The van der Waals surface area contributed by atoms with Crippen molar-refractivity contribution in [2.45, 2.75) is 6.42 Å². The summed E-state index contributed by atoms with van der Waals surface area (Å²) in [6, 6.07) is 19.4. The number of pyridine rings is 1. The van der Waals surface area contributed by atoms with E-state index in [9.17, 15) is 9.18 Å². The zero-order valence-corrected chi connectivity index (χ0v) is 20.6. The summed E-state index contributed by atoms with van der Waals surface area (Å²) in [5, 5.41) is 9.62. The summed E-state index contributed by atoms with van der Waals surface area (Å²) in [5.74, 6) is -0.143. The van der Waals surface area contributed by atoms with Gasteiger partial charge in [-0.3, -0.25) is 9.78 Å². The van der Waals surface area contributed by atoms with Gasteiger partial charge in [0.25, 0.3) is 5.91 Å². The van der Waals surface area contributed by atoms with Crippen LogP contribution in [0.25, 0.3) is 10.9 Å². The Hall–Kier alpha value is -4.24. The summed E-state index contributed by atoms with van der Waals surface area (Å²) in [6.07, 6.45) is 2.36. The molecule has 0 aliphatic carbocycles. The molecule has 0 saturated heterocycles. The van der Waals surface area contributed by atoms with Gasteiger partial charge in [0.15, 0.2) is 16.7 Å². The fourth-order valence-corrected chi connectivity index (χ4v) is 3.86. The first-order valence-corrected chi connectivity index (χ1v) is 11.6. The van der Waals surface area contributed by atoms with Crippen LogP contribution in [0.2, 0.25) is 0 Å². The first-order valence-electron chi connectivity index (χ1n) is 11.2. The Balaban J connectivity index is 1.47. The van der Waals surface area contributed by atoms with Gasteiger partial charge in [0.05, 0.1) is 18.2 Å². The molecule has 0 bridgehead atoms. The van der Waals surface area contributed by atoms with E-state index in [0.29, 0.717) is 45.3 Å². The van der Waals surface area contributed by atoms with Crippen LogP contribution in [0.5, 0.6) is 17.2 Å². The van der Waals surface area contributed by atoms with E-state index in [-0.39, 0.29) is 11.7 Å². The Kier molecular flexibility index (Phi) is 7.92.